The molecule has 2 atom stereocenters. The van der Waals surface area contributed by atoms with Crippen LogP contribution in [0.2, 0.25) is 4.34 Å². The van der Waals surface area contributed by atoms with Crippen LogP contribution in [0.15, 0.2) is 29.6 Å². The summed E-state index contributed by atoms with van der Waals surface area (Å²) in [7, 11) is 0. The Morgan fingerprint density at radius 3 is 2.67 bits per heavy atom. The topological polar surface area (TPSA) is 15.3 Å². The monoisotopic (exact) mass is 340 g/mol. The summed E-state index contributed by atoms with van der Waals surface area (Å²) in [6, 6.07) is 9.32. The van der Waals surface area contributed by atoms with Gasteiger partial charge in [-0.2, -0.15) is 0 Å². The molecule has 1 saturated heterocycles. The molecule has 0 radical (unpaired) electrons. The molecule has 21 heavy (non-hydrogen) atoms. The van der Waals surface area contributed by atoms with Crippen LogP contribution < -0.4 is 5.32 Å². The van der Waals surface area contributed by atoms with Crippen LogP contribution in [0, 0.1) is 0 Å². The molecule has 2 aromatic heterocycles. The maximum atomic E-state index is 6.12. The first-order valence-corrected chi connectivity index (χ1v) is 9.57. The number of likely N-dealkylation sites (tertiary alicyclic amines) is 1. The van der Waals surface area contributed by atoms with Gasteiger partial charge >= 0.3 is 0 Å². The number of hydrogen-bond acceptors (Lipinski definition) is 4. The number of halogens is 1. The number of nitrogens with one attached hydrogen (secondary N) is 1. The Morgan fingerprint density at radius 1 is 1.24 bits per heavy atom. The van der Waals surface area contributed by atoms with Gasteiger partial charge in [-0.1, -0.05) is 17.7 Å². The third kappa shape index (κ3) is 3.88. The van der Waals surface area contributed by atoms with E-state index in [4.69, 9.17) is 11.6 Å². The van der Waals surface area contributed by atoms with Crippen molar-refractivity contribution in [2.75, 3.05) is 19.6 Å². The lowest BCUT2D eigenvalue weighted by molar-refractivity contribution is 0.249. The summed E-state index contributed by atoms with van der Waals surface area (Å²) in [4.78, 5) is 5.25. The summed E-state index contributed by atoms with van der Waals surface area (Å²) >= 11 is 9.60. The van der Waals surface area contributed by atoms with E-state index in [1.165, 1.54) is 35.7 Å². The fourth-order valence-electron chi connectivity index (χ4n) is 2.88. The number of thiophene rings is 2. The van der Waals surface area contributed by atoms with E-state index < -0.39 is 0 Å². The first kappa shape index (κ1) is 15.5. The molecule has 2 aromatic rings. The third-order valence-electron chi connectivity index (χ3n) is 4.09. The molecule has 0 bridgehead atoms. The molecule has 1 aliphatic rings. The maximum absolute atomic E-state index is 6.12. The van der Waals surface area contributed by atoms with Crippen molar-refractivity contribution < 1.29 is 0 Å². The Bertz CT molecular complexity index is 546. The van der Waals surface area contributed by atoms with E-state index >= 15 is 0 Å². The molecule has 0 aromatic carbocycles. The molecule has 2 unspecified atom stereocenters. The molecule has 1 N–H and O–H groups in total. The van der Waals surface area contributed by atoms with Crippen LogP contribution in [-0.2, 0) is 0 Å². The van der Waals surface area contributed by atoms with Gasteiger partial charge in [0.15, 0.2) is 0 Å². The molecule has 114 valence electrons. The zero-order valence-corrected chi connectivity index (χ0v) is 14.6. The lowest BCUT2D eigenvalue weighted by Crippen LogP contribution is -2.39. The van der Waals surface area contributed by atoms with E-state index in [0.29, 0.717) is 6.04 Å². The molecule has 0 amide bonds. The molecule has 1 fully saturated rings. The minimum absolute atomic E-state index is 0.271. The minimum Gasteiger partial charge on any atom is -0.303 e. The zero-order valence-electron chi connectivity index (χ0n) is 12.2. The predicted octanol–water partition coefficient (Wildman–Crippen LogP) is 4.63. The van der Waals surface area contributed by atoms with Crippen LogP contribution in [0.25, 0.3) is 0 Å². The van der Waals surface area contributed by atoms with Crippen molar-refractivity contribution in [1.82, 2.24) is 10.2 Å². The van der Waals surface area contributed by atoms with Gasteiger partial charge in [-0.05, 0) is 56.4 Å². The standard InChI is InChI=1S/C16H21ClN2S2/c1-12(19-8-2-3-9-19)11-18-16(13-5-4-10-20-13)14-6-7-15(17)21-14/h4-7,10,12,16,18H,2-3,8-9,11H2,1H3. The van der Waals surface area contributed by atoms with Gasteiger partial charge in [0, 0.05) is 22.3 Å². The number of nitrogens with zero attached hydrogens (tertiary/aromatic N) is 1. The Kier molecular flexibility index (Phi) is 5.35. The molecule has 3 heterocycles. The molecular formula is C16H21ClN2S2. The highest BCUT2D eigenvalue weighted by atomic mass is 35.5. The Balaban J connectivity index is 1.68. The maximum Gasteiger partial charge on any atom is 0.0931 e. The molecule has 1 aliphatic heterocycles. The minimum atomic E-state index is 0.271. The fraction of sp³-hybridized carbons (Fsp3) is 0.500. The SMILES string of the molecule is CC(CNC(c1cccs1)c1ccc(Cl)s1)N1CCCC1. The van der Waals surface area contributed by atoms with Gasteiger partial charge in [0.05, 0.1) is 10.4 Å². The molecule has 5 heteroatoms. The Morgan fingerprint density at radius 2 is 2.05 bits per heavy atom. The third-order valence-corrected chi connectivity index (χ3v) is 6.32. The second kappa shape index (κ2) is 7.25. The van der Waals surface area contributed by atoms with Gasteiger partial charge in [-0.25, -0.2) is 0 Å². The number of rotatable bonds is 6. The van der Waals surface area contributed by atoms with Gasteiger partial charge in [-0.15, -0.1) is 22.7 Å². The van der Waals surface area contributed by atoms with E-state index in [9.17, 15) is 0 Å². The average molecular weight is 341 g/mol. The van der Waals surface area contributed by atoms with E-state index in [-0.39, 0.29) is 6.04 Å². The van der Waals surface area contributed by atoms with Crippen LogP contribution in [0.3, 0.4) is 0 Å². The van der Waals surface area contributed by atoms with E-state index in [2.05, 4.69) is 40.7 Å². The Hall–Kier alpha value is -0.390. The summed E-state index contributed by atoms with van der Waals surface area (Å²) in [5.74, 6) is 0. The van der Waals surface area contributed by atoms with Crippen LogP contribution in [0.1, 0.15) is 35.6 Å². The molecule has 0 aliphatic carbocycles. The predicted molar refractivity (Wildman–Crippen MR) is 93.8 cm³/mol. The molecule has 2 nitrogen and oxygen atoms in total. The smallest absolute Gasteiger partial charge is 0.0931 e. The first-order valence-electron chi connectivity index (χ1n) is 7.50. The van der Waals surface area contributed by atoms with Gasteiger partial charge in [0.25, 0.3) is 0 Å². The molecular weight excluding hydrogens is 320 g/mol. The lowest BCUT2D eigenvalue weighted by atomic mass is 10.2. The summed E-state index contributed by atoms with van der Waals surface area (Å²) in [6.45, 7) is 5.83. The second-order valence-corrected chi connectivity index (χ2v) is 8.32. The van der Waals surface area contributed by atoms with Crippen molar-refractivity contribution in [3.63, 3.8) is 0 Å². The highest BCUT2D eigenvalue weighted by molar-refractivity contribution is 7.16. The Labute approximate surface area is 139 Å². The normalized spacial score (nSPS) is 19.0. The van der Waals surface area contributed by atoms with Crippen molar-refractivity contribution in [3.8, 4) is 0 Å². The largest absolute Gasteiger partial charge is 0.303 e. The summed E-state index contributed by atoms with van der Waals surface area (Å²) in [5.41, 5.74) is 0. The highest BCUT2D eigenvalue weighted by Gasteiger charge is 2.21. The van der Waals surface area contributed by atoms with E-state index in [1.807, 2.05) is 6.07 Å². The highest BCUT2D eigenvalue weighted by Crippen LogP contribution is 2.33. The molecule has 0 spiro atoms. The first-order chi connectivity index (χ1) is 10.2. The fourth-order valence-corrected chi connectivity index (χ4v) is 4.93. The van der Waals surface area contributed by atoms with E-state index in [0.717, 1.165) is 10.9 Å². The van der Waals surface area contributed by atoms with Crippen molar-refractivity contribution in [2.24, 2.45) is 0 Å². The van der Waals surface area contributed by atoms with Crippen molar-refractivity contribution >= 4 is 34.3 Å². The van der Waals surface area contributed by atoms with Crippen LogP contribution in [0.5, 0.6) is 0 Å². The molecule has 0 saturated carbocycles. The van der Waals surface area contributed by atoms with Gasteiger partial charge in [-0.3, -0.25) is 4.90 Å². The number of hydrogen-bond donors (Lipinski definition) is 1. The van der Waals surface area contributed by atoms with Gasteiger partial charge < -0.3 is 5.32 Å². The van der Waals surface area contributed by atoms with Crippen molar-refractivity contribution in [2.45, 2.75) is 31.8 Å². The summed E-state index contributed by atoms with van der Waals surface area (Å²) < 4.78 is 0.862. The van der Waals surface area contributed by atoms with Gasteiger partial charge in [0.2, 0.25) is 0 Å². The average Bonchev–Trinajstić information content (AvgIpc) is 3.21. The van der Waals surface area contributed by atoms with Crippen LogP contribution in [-0.4, -0.2) is 30.6 Å². The van der Waals surface area contributed by atoms with Crippen LogP contribution >= 0.6 is 34.3 Å². The van der Waals surface area contributed by atoms with Gasteiger partial charge in [0.1, 0.15) is 0 Å². The van der Waals surface area contributed by atoms with Crippen molar-refractivity contribution in [1.29, 1.82) is 0 Å². The van der Waals surface area contributed by atoms with E-state index in [1.54, 1.807) is 22.7 Å². The quantitative estimate of drug-likeness (QED) is 0.825. The summed E-state index contributed by atoms with van der Waals surface area (Å²) in [6.07, 6.45) is 2.69. The lowest BCUT2D eigenvalue weighted by Gasteiger charge is -2.26. The van der Waals surface area contributed by atoms with Crippen molar-refractivity contribution in [3.05, 3.63) is 43.7 Å². The summed E-state index contributed by atoms with van der Waals surface area (Å²) in [5, 5.41) is 5.89. The molecule has 3 rings (SSSR count). The zero-order chi connectivity index (χ0) is 14.7. The van der Waals surface area contributed by atoms with Crippen LogP contribution in [0.4, 0.5) is 0 Å². The second-order valence-electron chi connectivity index (χ2n) is 5.59.